The smallest absolute Gasteiger partial charge is 0.251 e. The van der Waals surface area contributed by atoms with E-state index in [1.807, 2.05) is 6.07 Å². The van der Waals surface area contributed by atoms with E-state index in [4.69, 9.17) is 4.74 Å². The van der Waals surface area contributed by atoms with Gasteiger partial charge in [0.05, 0.1) is 19.8 Å². The van der Waals surface area contributed by atoms with Crippen LogP contribution >= 0.6 is 0 Å². The molecule has 2 N–H and O–H groups in total. The first-order chi connectivity index (χ1) is 9.70. The molecule has 1 heterocycles. The summed E-state index contributed by atoms with van der Waals surface area (Å²) in [7, 11) is 1.59. The fourth-order valence-corrected chi connectivity index (χ4v) is 2.02. The van der Waals surface area contributed by atoms with Gasteiger partial charge in [0, 0.05) is 31.4 Å². The van der Waals surface area contributed by atoms with Crippen molar-refractivity contribution in [1.82, 2.24) is 10.2 Å². The largest absolute Gasteiger partial charge is 0.378 e. The Kier molecular flexibility index (Phi) is 4.95. The lowest BCUT2D eigenvalue weighted by Crippen LogP contribution is -2.43. The standard InChI is InChI=1S/C14H19N3O3/c1-15-14(19)11-3-2-4-12(9-11)16-10-13(18)17-5-7-20-8-6-17/h2-4,9,16H,5-8,10H2,1H3,(H,15,19). The molecule has 6 heteroatoms. The zero-order valence-electron chi connectivity index (χ0n) is 11.5. The molecule has 0 unspecified atom stereocenters. The predicted molar refractivity (Wildman–Crippen MR) is 75.7 cm³/mol. The summed E-state index contributed by atoms with van der Waals surface area (Å²) in [6.07, 6.45) is 0. The van der Waals surface area contributed by atoms with Gasteiger partial charge in [-0.1, -0.05) is 6.07 Å². The number of hydrogen-bond acceptors (Lipinski definition) is 4. The van der Waals surface area contributed by atoms with Crippen LogP contribution in [-0.4, -0.2) is 56.6 Å². The van der Waals surface area contributed by atoms with Gasteiger partial charge in [0.25, 0.3) is 5.91 Å². The molecule has 1 saturated heterocycles. The van der Waals surface area contributed by atoms with Crippen LogP contribution in [0.5, 0.6) is 0 Å². The number of ether oxygens (including phenoxy) is 1. The average Bonchev–Trinajstić information content (AvgIpc) is 2.53. The Hall–Kier alpha value is -2.08. The Morgan fingerprint density at radius 3 is 2.75 bits per heavy atom. The third-order valence-corrected chi connectivity index (χ3v) is 3.16. The van der Waals surface area contributed by atoms with Crippen LogP contribution in [0.3, 0.4) is 0 Å². The SMILES string of the molecule is CNC(=O)c1cccc(NCC(=O)N2CCOCC2)c1. The normalized spacial score (nSPS) is 14.8. The molecule has 6 nitrogen and oxygen atoms in total. The summed E-state index contributed by atoms with van der Waals surface area (Å²) in [4.78, 5) is 25.3. The summed E-state index contributed by atoms with van der Waals surface area (Å²) in [5, 5.41) is 5.62. The first-order valence-electron chi connectivity index (χ1n) is 6.62. The minimum atomic E-state index is -0.145. The summed E-state index contributed by atoms with van der Waals surface area (Å²) >= 11 is 0. The molecule has 0 radical (unpaired) electrons. The highest BCUT2D eigenvalue weighted by atomic mass is 16.5. The lowest BCUT2D eigenvalue weighted by atomic mass is 10.2. The number of nitrogens with zero attached hydrogens (tertiary/aromatic N) is 1. The average molecular weight is 277 g/mol. The maximum atomic E-state index is 12.0. The van der Waals surface area contributed by atoms with Crippen LogP contribution < -0.4 is 10.6 Å². The topological polar surface area (TPSA) is 70.7 Å². The Bertz CT molecular complexity index is 484. The van der Waals surface area contributed by atoms with Crippen molar-refractivity contribution in [3.63, 3.8) is 0 Å². The van der Waals surface area contributed by atoms with Gasteiger partial charge < -0.3 is 20.3 Å². The quantitative estimate of drug-likeness (QED) is 0.831. The minimum absolute atomic E-state index is 0.0404. The highest BCUT2D eigenvalue weighted by molar-refractivity contribution is 5.95. The third kappa shape index (κ3) is 3.71. The van der Waals surface area contributed by atoms with E-state index in [0.29, 0.717) is 31.9 Å². The van der Waals surface area contributed by atoms with E-state index < -0.39 is 0 Å². The Balaban J connectivity index is 1.90. The van der Waals surface area contributed by atoms with Gasteiger partial charge in [-0.3, -0.25) is 9.59 Å². The molecule has 0 aromatic heterocycles. The Morgan fingerprint density at radius 1 is 1.30 bits per heavy atom. The molecule has 1 aliphatic heterocycles. The van der Waals surface area contributed by atoms with E-state index in [1.54, 1.807) is 30.1 Å². The van der Waals surface area contributed by atoms with E-state index in [0.717, 1.165) is 5.69 Å². The second-order valence-corrected chi connectivity index (χ2v) is 4.51. The number of carbonyl (C=O) groups excluding carboxylic acids is 2. The van der Waals surface area contributed by atoms with Crippen molar-refractivity contribution in [1.29, 1.82) is 0 Å². The fraction of sp³-hybridized carbons (Fsp3) is 0.429. The van der Waals surface area contributed by atoms with Crippen molar-refractivity contribution in [3.8, 4) is 0 Å². The van der Waals surface area contributed by atoms with Crippen molar-refractivity contribution in [3.05, 3.63) is 29.8 Å². The highest BCUT2D eigenvalue weighted by Crippen LogP contribution is 2.10. The number of morpholine rings is 1. The third-order valence-electron chi connectivity index (χ3n) is 3.16. The molecule has 0 aliphatic carbocycles. The van der Waals surface area contributed by atoms with Crippen LogP contribution in [0.2, 0.25) is 0 Å². The first kappa shape index (κ1) is 14.3. The summed E-state index contributed by atoms with van der Waals surface area (Å²) in [5.74, 6) is -0.105. The van der Waals surface area contributed by atoms with E-state index in [1.165, 1.54) is 0 Å². The van der Waals surface area contributed by atoms with Crippen molar-refractivity contribution in [2.24, 2.45) is 0 Å². The molecule has 2 amide bonds. The molecule has 1 fully saturated rings. The summed E-state index contributed by atoms with van der Waals surface area (Å²) in [5.41, 5.74) is 1.32. The van der Waals surface area contributed by atoms with Crippen LogP contribution in [0.1, 0.15) is 10.4 Å². The number of amides is 2. The molecule has 0 bridgehead atoms. The number of carbonyl (C=O) groups is 2. The molecule has 20 heavy (non-hydrogen) atoms. The molecular formula is C14H19N3O3. The van der Waals surface area contributed by atoms with Crippen LogP contribution in [0, 0.1) is 0 Å². The Labute approximate surface area is 118 Å². The second kappa shape index (κ2) is 6.91. The van der Waals surface area contributed by atoms with Crippen LogP contribution in [0.4, 0.5) is 5.69 Å². The zero-order chi connectivity index (χ0) is 14.4. The van der Waals surface area contributed by atoms with Crippen LogP contribution in [0.25, 0.3) is 0 Å². The first-order valence-corrected chi connectivity index (χ1v) is 6.62. The van der Waals surface area contributed by atoms with Crippen LogP contribution in [0.15, 0.2) is 24.3 Å². The number of benzene rings is 1. The van der Waals surface area contributed by atoms with Gasteiger partial charge in [0.2, 0.25) is 5.91 Å². The maximum Gasteiger partial charge on any atom is 0.251 e. The van der Waals surface area contributed by atoms with Gasteiger partial charge >= 0.3 is 0 Å². The molecular weight excluding hydrogens is 258 g/mol. The van der Waals surface area contributed by atoms with Crippen molar-refractivity contribution in [2.45, 2.75) is 0 Å². The minimum Gasteiger partial charge on any atom is -0.378 e. The molecule has 108 valence electrons. The molecule has 1 aromatic carbocycles. The highest BCUT2D eigenvalue weighted by Gasteiger charge is 2.16. The lowest BCUT2D eigenvalue weighted by molar-refractivity contribution is -0.133. The van der Waals surface area contributed by atoms with Gasteiger partial charge in [0.15, 0.2) is 0 Å². The van der Waals surface area contributed by atoms with E-state index in [2.05, 4.69) is 10.6 Å². The van der Waals surface area contributed by atoms with Crippen LogP contribution in [-0.2, 0) is 9.53 Å². The van der Waals surface area contributed by atoms with E-state index in [-0.39, 0.29) is 18.4 Å². The Morgan fingerprint density at radius 2 is 2.05 bits per heavy atom. The number of hydrogen-bond donors (Lipinski definition) is 2. The lowest BCUT2D eigenvalue weighted by Gasteiger charge is -2.27. The number of nitrogens with one attached hydrogen (secondary N) is 2. The van der Waals surface area contributed by atoms with Gasteiger partial charge in [-0.05, 0) is 18.2 Å². The van der Waals surface area contributed by atoms with E-state index in [9.17, 15) is 9.59 Å². The van der Waals surface area contributed by atoms with Gasteiger partial charge in [-0.2, -0.15) is 0 Å². The van der Waals surface area contributed by atoms with E-state index >= 15 is 0 Å². The second-order valence-electron chi connectivity index (χ2n) is 4.51. The molecule has 2 rings (SSSR count). The number of anilines is 1. The van der Waals surface area contributed by atoms with Crippen molar-refractivity contribution in [2.75, 3.05) is 45.2 Å². The zero-order valence-corrected chi connectivity index (χ0v) is 11.5. The molecule has 1 aliphatic rings. The molecule has 0 atom stereocenters. The maximum absolute atomic E-state index is 12.0. The van der Waals surface area contributed by atoms with Crippen molar-refractivity contribution < 1.29 is 14.3 Å². The monoisotopic (exact) mass is 277 g/mol. The van der Waals surface area contributed by atoms with Gasteiger partial charge in [-0.25, -0.2) is 0 Å². The summed E-state index contributed by atoms with van der Waals surface area (Å²) in [6.45, 7) is 2.69. The molecule has 0 spiro atoms. The van der Waals surface area contributed by atoms with Gasteiger partial charge in [-0.15, -0.1) is 0 Å². The predicted octanol–water partition coefficient (Wildman–Crippen LogP) is 0.317. The molecule has 0 saturated carbocycles. The van der Waals surface area contributed by atoms with Gasteiger partial charge in [0.1, 0.15) is 0 Å². The van der Waals surface area contributed by atoms with Crippen molar-refractivity contribution >= 4 is 17.5 Å². The summed E-state index contributed by atoms with van der Waals surface area (Å²) < 4.78 is 5.21. The number of rotatable bonds is 4. The molecule has 1 aromatic rings. The fourth-order valence-electron chi connectivity index (χ4n) is 2.02. The summed E-state index contributed by atoms with van der Waals surface area (Å²) in [6, 6.07) is 7.07.